The maximum absolute atomic E-state index is 6.45. The Morgan fingerprint density at radius 3 is 2.38 bits per heavy atom. The van der Waals surface area contributed by atoms with E-state index in [0.717, 1.165) is 39.7 Å². The predicted octanol–water partition coefficient (Wildman–Crippen LogP) is 6.10. The first-order chi connectivity index (χ1) is 13.9. The molecule has 0 atom stereocenters. The van der Waals surface area contributed by atoms with Gasteiger partial charge in [-0.05, 0) is 30.3 Å². The number of hydrogen-bond donors (Lipinski definition) is 1. The molecular weight excluding hydrogens is 384 g/mol. The van der Waals surface area contributed by atoms with Crippen molar-refractivity contribution in [1.29, 1.82) is 0 Å². The van der Waals surface area contributed by atoms with Crippen LogP contribution < -0.4 is 10.1 Å². The zero-order valence-corrected chi connectivity index (χ0v) is 17.7. The maximum atomic E-state index is 6.45. The highest BCUT2D eigenvalue weighted by molar-refractivity contribution is 6.33. The standard InChI is InChI=1S/C23H23ClN4O/c1-23(2,3)20-13-21(26-15-9-11-16(29-4)12-10-15)28-22(27-20)18(14-25-28)17-7-5-6-8-19(17)24/h5-14,26H,1-4H3. The molecule has 0 saturated carbocycles. The molecule has 148 valence electrons. The zero-order chi connectivity index (χ0) is 20.6. The van der Waals surface area contributed by atoms with Gasteiger partial charge in [-0.15, -0.1) is 0 Å². The van der Waals surface area contributed by atoms with Crippen LogP contribution >= 0.6 is 11.6 Å². The van der Waals surface area contributed by atoms with E-state index >= 15 is 0 Å². The number of nitrogens with one attached hydrogen (secondary N) is 1. The number of hydrogen-bond acceptors (Lipinski definition) is 4. The summed E-state index contributed by atoms with van der Waals surface area (Å²) in [4.78, 5) is 4.94. The minimum absolute atomic E-state index is 0.125. The van der Waals surface area contributed by atoms with E-state index < -0.39 is 0 Å². The third-order valence-corrected chi connectivity index (χ3v) is 5.10. The maximum Gasteiger partial charge on any atom is 0.165 e. The van der Waals surface area contributed by atoms with E-state index in [2.05, 4.69) is 31.2 Å². The van der Waals surface area contributed by atoms with Crippen molar-refractivity contribution in [3.8, 4) is 16.9 Å². The van der Waals surface area contributed by atoms with Crippen molar-refractivity contribution < 1.29 is 4.74 Å². The summed E-state index contributed by atoms with van der Waals surface area (Å²) in [5.41, 5.74) is 4.36. The van der Waals surface area contributed by atoms with E-state index in [-0.39, 0.29) is 5.41 Å². The molecule has 0 aliphatic rings. The predicted molar refractivity (Wildman–Crippen MR) is 118 cm³/mol. The Balaban J connectivity index is 1.88. The largest absolute Gasteiger partial charge is 0.497 e. The molecule has 2 aromatic heterocycles. The first kappa shape index (κ1) is 19.3. The zero-order valence-electron chi connectivity index (χ0n) is 16.9. The van der Waals surface area contributed by atoms with E-state index in [1.54, 1.807) is 7.11 Å². The lowest BCUT2D eigenvalue weighted by atomic mass is 9.92. The summed E-state index contributed by atoms with van der Waals surface area (Å²) in [5.74, 6) is 1.65. The quantitative estimate of drug-likeness (QED) is 0.445. The third kappa shape index (κ3) is 3.78. The topological polar surface area (TPSA) is 51.5 Å². The van der Waals surface area contributed by atoms with Crippen LogP contribution in [-0.4, -0.2) is 21.7 Å². The van der Waals surface area contributed by atoms with Crippen LogP contribution in [0.2, 0.25) is 5.02 Å². The molecule has 0 aliphatic carbocycles. The van der Waals surface area contributed by atoms with Gasteiger partial charge in [0.15, 0.2) is 5.65 Å². The van der Waals surface area contributed by atoms with Crippen LogP contribution in [0.1, 0.15) is 26.5 Å². The van der Waals surface area contributed by atoms with Crippen molar-refractivity contribution in [1.82, 2.24) is 14.6 Å². The Kier molecular flexibility index (Phi) is 4.92. The smallest absolute Gasteiger partial charge is 0.165 e. The van der Waals surface area contributed by atoms with Crippen molar-refractivity contribution in [3.63, 3.8) is 0 Å². The second kappa shape index (κ2) is 7.41. The number of ether oxygens (including phenoxy) is 1. The molecule has 4 aromatic rings. The molecule has 0 fully saturated rings. The number of anilines is 2. The molecule has 0 aliphatic heterocycles. The molecule has 0 amide bonds. The minimum atomic E-state index is -0.125. The van der Waals surface area contributed by atoms with E-state index in [9.17, 15) is 0 Å². The number of rotatable bonds is 4. The van der Waals surface area contributed by atoms with Crippen LogP contribution in [0.4, 0.5) is 11.5 Å². The van der Waals surface area contributed by atoms with Crippen molar-refractivity contribution >= 4 is 28.8 Å². The average molecular weight is 407 g/mol. The van der Waals surface area contributed by atoms with Gasteiger partial charge in [-0.1, -0.05) is 50.6 Å². The Labute approximate surface area is 175 Å². The van der Waals surface area contributed by atoms with Gasteiger partial charge in [0.2, 0.25) is 0 Å². The SMILES string of the molecule is COc1ccc(Nc2cc(C(C)(C)C)nc3c(-c4ccccc4Cl)cnn23)cc1. The number of halogens is 1. The van der Waals surface area contributed by atoms with Gasteiger partial charge >= 0.3 is 0 Å². The lowest BCUT2D eigenvalue weighted by Gasteiger charge is -2.20. The van der Waals surface area contributed by atoms with Gasteiger partial charge in [0.1, 0.15) is 11.6 Å². The molecular formula is C23H23ClN4O. The van der Waals surface area contributed by atoms with Gasteiger partial charge in [0, 0.05) is 33.3 Å². The van der Waals surface area contributed by atoms with E-state index in [4.69, 9.17) is 21.3 Å². The molecule has 4 rings (SSSR count). The number of nitrogens with zero attached hydrogens (tertiary/aromatic N) is 3. The minimum Gasteiger partial charge on any atom is -0.497 e. The first-order valence-electron chi connectivity index (χ1n) is 9.42. The second-order valence-corrected chi connectivity index (χ2v) is 8.31. The van der Waals surface area contributed by atoms with Gasteiger partial charge in [-0.2, -0.15) is 9.61 Å². The summed E-state index contributed by atoms with van der Waals surface area (Å²) < 4.78 is 7.07. The summed E-state index contributed by atoms with van der Waals surface area (Å²) >= 11 is 6.45. The Bertz CT molecular complexity index is 1160. The highest BCUT2D eigenvalue weighted by atomic mass is 35.5. The lowest BCUT2D eigenvalue weighted by molar-refractivity contribution is 0.415. The molecule has 0 unspecified atom stereocenters. The number of aromatic nitrogens is 3. The van der Waals surface area contributed by atoms with Crippen molar-refractivity contribution in [3.05, 3.63) is 71.5 Å². The molecule has 29 heavy (non-hydrogen) atoms. The van der Waals surface area contributed by atoms with Gasteiger partial charge in [0.05, 0.1) is 19.0 Å². The van der Waals surface area contributed by atoms with Crippen LogP contribution in [0, 0.1) is 0 Å². The Morgan fingerprint density at radius 2 is 1.72 bits per heavy atom. The molecule has 0 radical (unpaired) electrons. The molecule has 2 heterocycles. The Morgan fingerprint density at radius 1 is 1.00 bits per heavy atom. The molecule has 2 aromatic carbocycles. The van der Waals surface area contributed by atoms with Gasteiger partial charge < -0.3 is 10.1 Å². The van der Waals surface area contributed by atoms with E-state index in [1.807, 2.05) is 65.3 Å². The normalized spacial score (nSPS) is 11.6. The fourth-order valence-electron chi connectivity index (χ4n) is 3.13. The fraction of sp³-hybridized carbons (Fsp3) is 0.217. The van der Waals surface area contributed by atoms with Crippen LogP contribution in [0.25, 0.3) is 16.8 Å². The summed E-state index contributed by atoms with van der Waals surface area (Å²) in [6.45, 7) is 6.44. The highest BCUT2D eigenvalue weighted by Crippen LogP contribution is 2.33. The highest BCUT2D eigenvalue weighted by Gasteiger charge is 2.21. The molecule has 0 spiro atoms. The molecule has 6 heteroatoms. The first-order valence-corrected chi connectivity index (χ1v) is 9.80. The van der Waals surface area contributed by atoms with Crippen molar-refractivity contribution in [2.24, 2.45) is 0 Å². The fourth-order valence-corrected chi connectivity index (χ4v) is 3.37. The van der Waals surface area contributed by atoms with Gasteiger partial charge in [-0.25, -0.2) is 4.98 Å². The lowest BCUT2D eigenvalue weighted by Crippen LogP contribution is -2.16. The monoisotopic (exact) mass is 406 g/mol. The summed E-state index contributed by atoms with van der Waals surface area (Å²) in [6, 6.07) is 17.6. The third-order valence-electron chi connectivity index (χ3n) is 4.77. The molecule has 1 N–H and O–H groups in total. The number of benzene rings is 2. The molecule has 5 nitrogen and oxygen atoms in total. The molecule has 0 saturated heterocycles. The summed E-state index contributed by atoms with van der Waals surface area (Å²) in [7, 11) is 1.66. The average Bonchev–Trinajstić information content (AvgIpc) is 3.12. The van der Waals surface area contributed by atoms with Crippen molar-refractivity contribution in [2.75, 3.05) is 12.4 Å². The van der Waals surface area contributed by atoms with Crippen LogP contribution in [0.5, 0.6) is 5.75 Å². The summed E-state index contributed by atoms with van der Waals surface area (Å²) in [5, 5.41) is 8.74. The van der Waals surface area contributed by atoms with Gasteiger partial charge in [-0.3, -0.25) is 0 Å². The second-order valence-electron chi connectivity index (χ2n) is 7.90. The van der Waals surface area contributed by atoms with Crippen molar-refractivity contribution in [2.45, 2.75) is 26.2 Å². The number of methoxy groups -OCH3 is 1. The Hall–Kier alpha value is -3.05. The van der Waals surface area contributed by atoms with Crippen LogP contribution in [-0.2, 0) is 5.41 Å². The van der Waals surface area contributed by atoms with E-state index in [0.29, 0.717) is 5.02 Å². The number of fused-ring (bicyclic) bond motifs is 1. The van der Waals surface area contributed by atoms with Crippen LogP contribution in [0.15, 0.2) is 60.8 Å². The van der Waals surface area contributed by atoms with E-state index in [1.165, 1.54) is 0 Å². The summed E-state index contributed by atoms with van der Waals surface area (Å²) in [6.07, 6.45) is 1.81. The van der Waals surface area contributed by atoms with Gasteiger partial charge in [0.25, 0.3) is 0 Å². The van der Waals surface area contributed by atoms with Crippen LogP contribution in [0.3, 0.4) is 0 Å². The molecule has 0 bridgehead atoms.